The Balaban J connectivity index is 0.00000261. The molecule has 0 bridgehead atoms. The number of hydrogen-bond donors (Lipinski definition) is 2. The molecule has 0 aliphatic heterocycles. The van der Waals surface area contributed by atoms with Crippen LogP contribution in [-0.2, 0) is 6.18 Å². The van der Waals surface area contributed by atoms with E-state index < -0.39 is 11.7 Å². The van der Waals surface area contributed by atoms with Gasteiger partial charge < -0.3 is 10.6 Å². The van der Waals surface area contributed by atoms with Crippen molar-refractivity contribution in [2.75, 3.05) is 13.6 Å². The highest BCUT2D eigenvalue weighted by Gasteiger charge is 2.35. The average molecular weight is 404 g/mol. The summed E-state index contributed by atoms with van der Waals surface area (Å²) < 4.78 is 40.3. The maximum atomic E-state index is 13.0. The number of hydrogen-bond acceptors (Lipinski definition) is 4. The number of alkyl halides is 3. The van der Waals surface area contributed by atoms with Gasteiger partial charge in [-0.25, -0.2) is 4.68 Å². The van der Waals surface area contributed by atoms with E-state index in [0.29, 0.717) is 12.2 Å². The first-order valence-corrected chi connectivity index (χ1v) is 8.40. The molecule has 10 heteroatoms. The number of nitrogens with zero attached hydrogens (tertiary/aromatic N) is 3. The van der Waals surface area contributed by atoms with Gasteiger partial charge in [-0.3, -0.25) is 4.79 Å². The Bertz CT molecular complexity index is 804. The van der Waals surface area contributed by atoms with Crippen molar-refractivity contribution in [3.8, 4) is 5.69 Å². The molecule has 2 aromatic rings. The van der Waals surface area contributed by atoms with Gasteiger partial charge in [0.15, 0.2) is 5.69 Å². The number of carbonyl (C=O) groups is 1. The van der Waals surface area contributed by atoms with Crippen molar-refractivity contribution in [2.45, 2.75) is 37.9 Å². The molecular weight excluding hydrogens is 383 g/mol. The number of likely N-dealkylation sites (N-methyl/N-ethyl adjacent to an activating group) is 1. The predicted octanol–water partition coefficient (Wildman–Crippen LogP) is 2.92. The lowest BCUT2D eigenvalue weighted by Gasteiger charge is -2.12. The van der Waals surface area contributed by atoms with E-state index in [1.165, 1.54) is 16.8 Å². The number of benzene rings is 1. The van der Waals surface area contributed by atoms with Gasteiger partial charge in [0.05, 0.1) is 16.9 Å². The minimum atomic E-state index is -4.44. The van der Waals surface area contributed by atoms with E-state index in [4.69, 9.17) is 0 Å². The summed E-state index contributed by atoms with van der Waals surface area (Å²) in [6, 6.07) is 4.96. The van der Waals surface area contributed by atoms with E-state index in [-0.39, 0.29) is 41.7 Å². The van der Waals surface area contributed by atoms with Crippen molar-refractivity contribution >= 4 is 18.3 Å². The summed E-state index contributed by atoms with van der Waals surface area (Å²) in [6.45, 7) is 2.33. The summed E-state index contributed by atoms with van der Waals surface area (Å²) in [5, 5.41) is 13.7. The van der Waals surface area contributed by atoms with Crippen LogP contribution in [0.25, 0.3) is 5.69 Å². The second kappa shape index (κ2) is 8.26. The van der Waals surface area contributed by atoms with Crippen molar-refractivity contribution < 1.29 is 18.0 Å². The number of nitrogens with one attached hydrogen (secondary N) is 2. The zero-order valence-corrected chi connectivity index (χ0v) is 15.7. The third-order valence-corrected chi connectivity index (χ3v) is 4.36. The lowest BCUT2D eigenvalue weighted by atomic mass is 10.1. The van der Waals surface area contributed by atoms with Gasteiger partial charge in [0.1, 0.15) is 0 Å². The Labute approximate surface area is 160 Å². The molecule has 6 nitrogen and oxygen atoms in total. The lowest BCUT2D eigenvalue weighted by molar-refractivity contribution is -0.137. The van der Waals surface area contributed by atoms with Crippen LogP contribution in [0.5, 0.6) is 0 Å². The molecule has 1 heterocycles. The molecule has 1 unspecified atom stereocenters. The number of rotatable bonds is 6. The van der Waals surface area contributed by atoms with Crippen molar-refractivity contribution in [3.05, 3.63) is 41.2 Å². The topological polar surface area (TPSA) is 71.8 Å². The Morgan fingerprint density at radius 1 is 1.37 bits per heavy atom. The van der Waals surface area contributed by atoms with Gasteiger partial charge in [-0.05, 0) is 45.0 Å². The maximum Gasteiger partial charge on any atom is 0.416 e. The molecule has 1 atom stereocenters. The van der Waals surface area contributed by atoms with E-state index >= 15 is 0 Å². The molecule has 1 amide bonds. The van der Waals surface area contributed by atoms with Crippen molar-refractivity contribution in [1.29, 1.82) is 0 Å². The zero-order chi connectivity index (χ0) is 18.9. The number of halogens is 4. The summed E-state index contributed by atoms with van der Waals surface area (Å²) in [5.41, 5.74) is 0.227. The first-order valence-electron chi connectivity index (χ1n) is 8.40. The van der Waals surface area contributed by atoms with Crippen LogP contribution in [0.3, 0.4) is 0 Å². The van der Waals surface area contributed by atoms with Crippen LogP contribution < -0.4 is 10.6 Å². The summed E-state index contributed by atoms with van der Waals surface area (Å²) in [4.78, 5) is 12.5. The molecule has 27 heavy (non-hydrogen) atoms. The standard InChI is InChI=1S/C17H20F3N5O.ClH/c1-10(21-2)9-22-16(26)14-15(11-6-7-11)25(24-23-14)13-5-3-4-12(8-13)17(18,19)20;/h3-5,8,10-11,21H,6-7,9H2,1-2H3,(H,22,26);1H. The molecular formula is C17H21ClF3N5O. The molecule has 1 fully saturated rings. The van der Waals surface area contributed by atoms with Gasteiger partial charge in [0.25, 0.3) is 5.91 Å². The first-order chi connectivity index (χ1) is 12.3. The summed E-state index contributed by atoms with van der Waals surface area (Å²) in [6.07, 6.45) is -2.72. The smallest absolute Gasteiger partial charge is 0.349 e. The number of amides is 1. The van der Waals surface area contributed by atoms with Gasteiger partial charge in [-0.1, -0.05) is 11.3 Å². The van der Waals surface area contributed by atoms with Gasteiger partial charge in [-0.15, -0.1) is 17.5 Å². The fourth-order valence-corrected chi connectivity index (χ4v) is 2.61. The van der Waals surface area contributed by atoms with Crippen LogP contribution in [0, 0.1) is 0 Å². The molecule has 1 aliphatic rings. The largest absolute Gasteiger partial charge is 0.416 e. The Hall–Kier alpha value is -2.13. The Kier molecular flexibility index (Phi) is 6.48. The van der Waals surface area contributed by atoms with Gasteiger partial charge in [0, 0.05) is 18.5 Å². The minimum Gasteiger partial charge on any atom is -0.349 e. The molecule has 0 radical (unpaired) electrons. The van der Waals surface area contributed by atoms with E-state index in [9.17, 15) is 18.0 Å². The minimum absolute atomic E-state index is 0. The summed E-state index contributed by atoms with van der Waals surface area (Å²) in [7, 11) is 1.79. The molecule has 1 aliphatic carbocycles. The van der Waals surface area contributed by atoms with Gasteiger partial charge >= 0.3 is 6.18 Å². The van der Waals surface area contributed by atoms with Crippen LogP contribution in [0.1, 0.15) is 47.4 Å². The zero-order valence-electron chi connectivity index (χ0n) is 14.9. The SMILES string of the molecule is CNC(C)CNC(=O)c1nnn(-c2cccc(C(F)(F)F)c2)c1C1CC1.Cl. The second-order valence-electron chi connectivity index (χ2n) is 6.46. The molecule has 148 valence electrons. The second-order valence-corrected chi connectivity index (χ2v) is 6.46. The lowest BCUT2D eigenvalue weighted by Crippen LogP contribution is -2.37. The fourth-order valence-electron chi connectivity index (χ4n) is 2.61. The highest BCUT2D eigenvalue weighted by Crippen LogP contribution is 2.42. The third kappa shape index (κ3) is 4.78. The normalized spacial score (nSPS) is 15.1. The third-order valence-electron chi connectivity index (χ3n) is 4.36. The predicted molar refractivity (Wildman–Crippen MR) is 96.4 cm³/mol. The molecule has 1 aromatic carbocycles. The summed E-state index contributed by atoms with van der Waals surface area (Å²) >= 11 is 0. The molecule has 2 N–H and O–H groups in total. The van der Waals surface area contributed by atoms with Crippen LogP contribution in [0.4, 0.5) is 13.2 Å². The van der Waals surface area contributed by atoms with E-state index in [2.05, 4.69) is 20.9 Å². The molecule has 1 aromatic heterocycles. The number of aromatic nitrogens is 3. The Morgan fingerprint density at radius 3 is 2.67 bits per heavy atom. The molecule has 1 saturated carbocycles. The molecule has 3 rings (SSSR count). The highest BCUT2D eigenvalue weighted by atomic mass is 35.5. The number of carbonyl (C=O) groups excluding carboxylic acids is 1. The van der Waals surface area contributed by atoms with Crippen LogP contribution in [0.2, 0.25) is 0 Å². The van der Waals surface area contributed by atoms with Crippen LogP contribution >= 0.6 is 12.4 Å². The van der Waals surface area contributed by atoms with Crippen LogP contribution in [0.15, 0.2) is 24.3 Å². The van der Waals surface area contributed by atoms with E-state index in [1.54, 1.807) is 7.05 Å². The Morgan fingerprint density at radius 2 is 2.07 bits per heavy atom. The van der Waals surface area contributed by atoms with E-state index in [1.807, 2.05) is 6.92 Å². The monoisotopic (exact) mass is 403 g/mol. The maximum absolute atomic E-state index is 13.0. The van der Waals surface area contributed by atoms with Crippen molar-refractivity contribution in [3.63, 3.8) is 0 Å². The first kappa shape index (κ1) is 21.2. The average Bonchev–Trinajstić information content (AvgIpc) is 3.36. The van der Waals surface area contributed by atoms with E-state index in [0.717, 1.165) is 25.0 Å². The van der Waals surface area contributed by atoms with Crippen molar-refractivity contribution in [1.82, 2.24) is 25.6 Å². The molecule has 0 saturated heterocycles. The van der Waals surface area contributed by atoms with Gasteiger partial charge in [0.2, 0.25) is 0 Å². The van der Waals surface area contributed by atoms with Crippen LogP contribution in [-0.4, -0.2) is 40.5 Å². The van der Waals surface area contributed by atoms with Crippen molar-refractivity contribution in [2.24, 2.45) is 0 Å². The molecule has 0 spiro atoms. The summed E-state index contributed by atoms with van der Waals surface area (Å²) in [5.74, 6) is -0.283. The quantitative estimate of drug-likeness (QED) is 0.778. The van der Waals surface area contributed by atoms with Gasteiger partial charge in [-0.2, -0.15) is 13.2 Å². The fraction of sp³-hybridized carbons (Fsp3) is 0.471. The highest BCUT2D eigenvalue weighted by molar-refractivity contribution is 5.93.